The van der Waals surface area contributed by atoms with E-state index in [1.165, 1.54) is 11.0 Å². The van der Waals surface area contributed by atoms with Crippen LogP contribution in [0.3, 0.4) is 0 Å². The van der Waals surface area contributed by atoms with Crippen molar-refractivity contribution in [3.05, 3.63) is 52.6 Å². The molecule has 1 N–H and O–H groups in total. The summed E-state index contributed by atoms with van der Waals surface area (Å²) < 4.78 is 0. The van der Waals surface area contributed by atoms with Crippen LogP contribution in [0.25, 0.3) is 0 Å². The molecule has 1 saturated heterocycles. The number of fused-ring (bicyclic) bond motifs is 1. The van der Waals surface area contributed by atoms with E-state index in [1.807, 2.05) is 45.0 Å². The standard InChI is InChI=1S/C20H23NO3/c1-12-6-8-15(9-7-12)21-16(22)11-19(4,5)18-14(3)17(23)13(2)10-20(18,21)24/h6-10,24H,11H2,1-5H3. The van der Waals surface area contributed by atoms with Crippen LogP contribution in [0.4, 0.5) is 5.69 Å². The van der Waals surface area contributed by atoms with Crippen molar-refractivity contribution >= 4 is 17.4 Å². The molecule has 0 saturated carbocycles. The summed E-state index contributed by atoms with van der Waals surface area (Å²) in [6.07, 6.45) is 1.77. The topological polar surface area (TPSA) is 57.6 Å². The lowest BCUT2D eigenvalue weighted by atomic mass is 9.66. The number of aliphatic hydroxyl groups is 1. The zero-order chi connectivity index (χ0) is 17.9. The summed E-state index contributed by atoms with van der Waals surface area (Å²) >= 11 is 0. The Morgan fingerprint density at radius 2 is 1.62 bits per heavy atom. The van der Waals surface area contributed by atoms with Gasteiger partial charge in [-0.2, -0.15) is 0 Å². The highest BCUT2D eigenvalue weighted by Gasteiger charge is 2.54. The molecule has 0 aromatic heterocycles. The van der Waals surface area contributed by atoms with Gasteiger partial charge in [-0.3, -0.25) is 14.5 Å². The van der Waals surface area contributed by atoms with Crippen molar-refractivity contribution in [1.29, 1.82) is 0 Å². The fourth-order valence-electron chi connectivity index (χ4n) is 4.08. The Kier molecular flexibility index (Phi) is 3.57. The Labute approximate surface area is 142 Å². The van der Waals surface area contributed by atoms with Crippen LogP contribution in [0.2, 0.25) is 0 Å². The van der Waals surface area contributed by atoms with Gasteiger partial charge in [0.2, 0.25) is 5.91 Å². The second kappa shape index (κ2) is 5.15. The number of hydrogen-bond acceptors (Lipinski definition) is 3. The molecule has 0 bridgehead atoms. The number of hydrogen-bond donors (Lipinski definition) is 1. The van der Waals surface area contributed by atoms with E-state index in [9.17, 15) is 14.7 Å². The van der Waals surface area contributed by atoms with Gasteiger partial charge in [-0.05, 0) is 50.1 Å². The Morgan fingerprint density at radius 3 is 2.21 bits per heavy atom. The number of allylic oxidation sites excluding steroid dienone is 2. The first-order chi connectivity index (χ1) is 11.1. The minimum atomic E-state index is -1.60. The molecular formula is C20H23NO3. The maximum absolute atomic E-state index is 12.9. The van der Waals surface area contributed by atoms with Crippen LogP contribution >= 0.6 is 0 Å². The van der Waals surface area contributed by atoms with E-state index in [2.05, 4.69) is 0 Å². The van der Waals surface area contributed by atoms with Gasteiger partial charge >= 0.3 is 0 Å². The van der Waals surface area contributed by atoms with Gasteiger partial charge in [0.15, 0.2) is 11.5 Å². The van der Waals surface area contributed by atoms with Crippen LogP contribution in [-0.2, 0) is 9.59 Å². The van der Waals surface area contributed by atoms with Crippen molar-refractivity contribution in [2.75, 3.05) is 4.90 Å². The third-order valence-electron chi connectivity index (χ3n) is 5.01. The molecule has 0 radical (unpaired) electrons. The first-order valence-electron chi connectivity index (χ1n) is 8.16. The number of rotatable bonds is 1. The molecule has 1 fully saturated rings. The maximum atomic E-state index is 12.9. The average Bonchev–Trinajstić information content (AvgIpc) is 2.45. The number of anilines is 1. The Bertz CT molecular complexity index is 799. The quantitative estimate of drug-likeness (QED) is 0.862. The molecule has 126 valence electrons. The number of piperidine rings is 1. The summed E-state index contributed by atoms with van der Waals surface area (Å²) in [4.78, 5) is 26.7. The van der Waals surface area contributed by atoms with Gasteiger partial charge in [0.25, 0.3) is 0 Å². The molecular weight excluding hydrogens is 302 g/mol. The third-order valence-corrected chi connectivity index (χ3v) is 5.01. The van der Waals surface area contributed by atoms with Gasteiger partial charge in [-0.25, -0.2) is 0 Å². The minimum Gasteiger partial charge on any atom is -0.363 e. The monoisotopic (exact) mass is 325 g/mol. The first-order valence-corrected chi connectivity index (χ1v) is 8.16. The van der Waals surface area contributed by atoms with Crippen LogP contribution < -0.4 is 4.90 Å². The van der Waals surface area contributed by atoms with Crippen LogP contribution in [0.5, 0.6) is 0 Å². The Morgan fingerprint density at radius 1 is 1.04 bits per heavy atom. The lowest BCUT2D eigenvalue weighted by Gasteiger charge is -2.51. The number of benzene rings is 1. The number of carbonyl (C=O) groups excluding carboxylic acids is 2. The predicted octanol–water partition coefficient (Wildman–Crippen LogP) is 3.29. The van der Waals surface area contributed by atoms with Crippen LogP contribution in [0.15, 0.2) is 47.1 Å². The number of ketones is 1. The number of aryl methyl sites for hydroxylation is 1. The molecule has 1 amide bonds. The summed E-state index contributed by atoms with van der Waals surface area (Å²) in [6, 6.07) is 7.48. The highest BCUT2D eigenvalue weighted by atomic mass is 16.3. The first kappa shape index (κ1) is 16.7. The third kappa shape index (κ3) is 2.25. The highest BCUT2D eigenvalue weighted by Crippen LogP contribution is 2.50. The second-order valence-electron chi connectivity index (χ2n) is 7.51. The van der Waals surface area contributed by atoms with E-state index in [-0.39, 0.29) is 18.1 Å². The molecule has 1 aliphatic heterocycles. The van der Waals surface area contributed by atoms with E-state index < -0.39 is 11.1 Å². The van der Waals surface area contributed by atoms with Crippen LogP contribution in [0.1, 0.15) is 39.7 Å². The molecule has 1 aromatic carbocycles. The molecule has 1 unspecified atom stereocenters. The summed E-state index contributed by atoms with van der Waals surface area (Å²) in [5.41, 5.74) is 1.14. The summed E-state index contributed by atoms with van der Waals surface area (Å²) in [6.45, 7) is 9.20. The molecule has 1 aromatic rings. The van der Waals surface area contributed by atoms with Crippen molar-refractivity contribution in [2.24, 2.45) is 5.41 Å². The second-order valence-corrected chi connectivity index (χ2v) is 7.51. The SMILES string of the molecule is CC1=CC2(O)C(=C(C)C1=O)C(C)(C)CC(=O)N2c1ccc(C)cc1. The molecule has 1 aliphatic carbocycles. The lowest BCUT2D eigenvalue weighted by molar-refractivity contribution is -0.126. The van der Waals surface area contributed by atoms with Gasteiger partial charge in [-0.1, -0.05) is 31.5 Å². The van der Waals surface area contributed by atoms with E-state index in [4.69, 9.17) is 0 Å². The number of Topliss-reactive ketones (excluding diaryl/α,β-unsaturated/α-hetero) is 1. The number of amides is 1. The Balaban J connectivity index is 2.27. The molecule has 2 aliphatic rings. The van der Waals surface area contributed by atoms with Gasteiger partial charge in [0.1, 0.15) is 0 Å². The number of nitrogens with zero attached hydrogens (tertiary/aromatic N) is 1. The zero-order valence-corrected chi connectivity index (χ0v) is 14.8. The average molecular weight is 325 g/mol. The molecule has 1 heterocycles. The maximum Gasteiger partial charge on any atom is 0.230 e. The highest BCUT2D eigenvalue weighted by molar-refractivity contribution is 6.11. The molecule has 24 heavy (non-hydrogen) atoms. The van der Waals surface area contributed by atoms with Crippen molar-refractivity contribution in [3.8, 4) is 0 Å². The predicted molar refractivity (Wildman–Crippen MR) is 93.5 cm³/mol. The van der Waals surface area contributed by atoms with Crippen LogP contribution in [-0.4, -0.2) is 22.5 Å². The molecule has 4 nitrogen and oxygen atoms in total. The van der Waals surface area contributed by atoms with E-state index >= 15 is 0 Å². The fourth-order valence-corrected chi connectivity index (χ4v) is 4.08. The summed E-state index contributed by atoms with van der Waals surface area (Å²) in [5, 5.41) is 11.6. The van der Waals surface area contributed by atoms with E-state index in [0.717, 1.165) is 5.56 Å². The largest absolute Gasteiger partial charge is 0.363 e. The van der Waals surface area contributed by atoms with Crippen molar-refractivity contribution in [2.45, 2.75) is 46.8 Å². The van der Waals surface area contributed by atoms with E-state index in [0.29, 0.717) is 22.4 Å². The van der Waals surface area contributed by atoms with Gasteiger partial charge in [0, 0.05) is 23.1 Å². The van der Waals surface area contributed by atoms with Crippen molar-refractivity contribution in [1.82, 2.24) is 0 Å². The van der Waals surface area contributed by atoms with Crippen molar-refractivity contribution in [3.63, 3.8) is 0 Å². The normalized spacial score (nSPS) is 26.4. The lowest BCUT2D eigenvalue weighted by Crippen LogP contribution is -2.61. The smallest absolute Gasteiger partial charge is 0.230 e. The Hall–Kier alpha value is -2.20. The molecule has 4 heteroatoms. The molecule has 3 rings (SSSR count). The summed E-state index contributed by atoms with van der Waals surface area (Å²) in [5.74, 6) is -0.220. The fraction of sp³-hybridized carbons (Fsp3) is 0.400. The van der Waals surface area contributed by atoms with Gasteiger partial charge < -0.3 is 5.11 Å². The van der Waals surface area contributed by atoms with E-state index in [1.54, 1.807) is 13.8 Å². The molecule has 0 spiro atoms. The minimum absolute atomic E-state index is 0.0686. The van der Waals surface area contributed by atoms with Gasteiger partial charge in [0.05, 0.1) is 0 Å². The molecule has 1 atom stereocenters. The summed E-state index contributed by atoms with van der Waals surface area (Å²) in [7, 11) is 0. The zero-order valence-electron chi connectivity index (χ0n) is 14.8. The van der Waals surface area contributed by atoms with Gasteiger partial charge in [-0.15, -0.1) is 0 Å². The number of carbonyl (C=O) groups is 2. The van der Waals surface area contributed by atoms with Crippen LogP contribution in [0, 0.1) is 12.3 Å². The van der Waals surface area contributed by atoms with Crippen molar-refractivity contribution < 1.29 is 14.7 Å².